The van der Waals surface area contributed by atoms with Gasteiger partial charge in [-0.05, 0) is 24.3 Å². The molecule has 0 amide bonds. The summed E-state index contributed by atoms with van der Waals surface area (Å²) in [6.45, 7) is 1.10. The van der Waals surface area contributed by atoms with Crippen LogP contribution in [0.5, 0.6) is 0 Å². The minimum Gasteiger partial charge on any atom is -0.394 e. The number of carbonyl (C=O) groups is 1. The van der Waals surface area contributed by atoms with Gasteiger partial charge in [0.15, 0.2) is 17.4 Å². The molecule has 3 heterocycles. The molecule has 2 aromatic heterocycles. The molecule has 1 saturated heterocycles. The molecular weight excluding hydrogens is 468 g/mol. The Bertz CT molecular complexity index is 1400. The van der Waals surface area contributed by atoms with Crippen molar-refractivity contribution in [3.05, 3.63) is 71.2 Å². The number of alkyl halides is 3. The van der Waals surface area contributed by atoms with E-state index in [4.69, 9.17) is 4.74 Å². The maximum atomic E-state index is 14.9. The van der Waals surface area contributed by atoms with Crippen molar-refractivity contribution >= 4 is 22.5 Å². The number of anilines is 1. The Labute approximate surface area is 196 Å². The highest BCUT2D eigenvalue weighted by atomic mass is 19.4. The first-order valence-electron chi connectivity index (χ1n) is 10.8. The zero-order valence-electron chi connectivity index (χ0n) is 18.2. The zero-order chi connectivity index (χ0) is 24.7. The lowest BCUT2D eigenvalue weighted by Gasteiger charge is -2.36. The van der Waals surface area contributed by atoms with Crippen molar-refractivity contribution in [2.75, 3.05) is 31.3 Å². The summed E-state index contributed by atoms with van der Waals surface area (Å²) in [4.78, 5) is 24.8. The van der Waals surface area contributed by atoms with E-state index in [2.05, 4.69) is 15.0 Å². The van der Waals surface area contributed by atoms with Crippen LogP contribution in [0.3, 0.4) is 0 Å². The number of ether oxygens (including phenoxy) is 1. The van der Waals surface area contributed by atoms with E-state index in [0.717, 1.165) is 12.1 Å². The number of aliphatic hydroxyl groups is 1. The number of rotatable bonds is 5. The van der Waals surface area contributed by atoms with Gasteiger partial charge in [-0.3, -0.25) is 4.79 Å². The van der Waals surface area contributed by atoms with Gasteiger partial charge in [-0.15, -0.1) is 0 Å². The molecule has 2 aromatic carbocycles. The van der Waals surface area contributed by atoms with Crippen LogP contribution >= 0.6 is 0 Å². The number of aromatic amines is 2. The fraction of sp³-hybridized carbons (Fsp3) is 0.250. The highest BCUT2D eigenvalue weighted by Gasteiger charge is 2.35. The average Bonchev–Trinajstić information content (AvgIpc) is 3.51. The second-order valence-electron chi connectivity index (χ2n) is 8.19. The van der Waals surface area contributed by atoms with Crippen LogP contribution in [-0.4, -0.2) is 58.2 Å². The fourth-order valence-electron chi connectivity index (χ4n) is 4.25. The van der Waals surface area contributed by atoms with E-state index in [1.54, 1.807) is 6.07 Å². The fourth-order valence-corrected chi connectivity index (χ4v) is 4.25. The van der Waals surface area contributed by atoms with Gasteiger partial charge in [-0.2, -0.15) is 13.2 Å². The van der Waals surface area contributed by atoms with Gasteiger partial charge in [0.1, 0.15) is 5.52 Å². The topological polar surface area (TPSA) is 94.2 Å². The number of halogens is 4. The number of imidazole rings is 1. The SMILES string of the molecule is O=C(c1c[nH]c(-c2nc3c(F)cc(N4CCOC[C@@H]4CO)cc3[nH]2)c1)c1ccccc1C(F)(F)F. The van der Waals surface area contributed by atoms with Crippen molar-refractivity contribution in [1.82, 2.24) is 15.0 Å². The summed E-state index contributed by atoms with van der Waals surface area (Å²) in [6, 6.07) is 8.67. The number of nitrogens with one attached hydrogen (secondary N) is 2. The summed E-state index contributed by atoms with van der Waals surface area (Å²) in [5.41, 5.74) is -0.138. The molecule has 1 fully saturated rings. The number of H-pyrrole nitrogens is 2. The molecule has 5 rings (SSSR count). The Morgan fingerprint density at radius 1 is 1.23 bits per heavy atom. The molecule has 0 aliphatic carbocycles. The average molecular weight is 488 g/mol. The maximum Gasteiger partial charge on any atom is 0.417 e. The van der Waals surface area contributed by atoms with Gasteiger partial charge >= 0.3 is 6.18 Å². The Hall–Kier alpha value is -3.70. The molecule has 7 nitrogen and oxygen atoms in total. The highest BCUT2D eigenvalue weighted by molar-refractivity contribution is 6.10. The van der Waals surface area contributed by atoms with E-state index >= 15 is 0 Å². The van der Waals surface area contributed by atoms with Gasteiger partial charge < -0.3 is 24.7 Å². The molecule has 0 bridgehead atoms. The van der Waals surface area contributed by atoms with Crippen molar-refractivity contribution in [2.45, 2.75) is 12.2 Å². The smallest absolute Gasteiger partial charge is 0.394 e. The molecule has 11 heteroatoms. The number of benzene rings is 2. The monoisotopic (exact) mass is 488 g/mol. The number of morpholine rings is 1. The van der Waals surface area contributed by atoms with Crippen LogP contribution in [0.1, 0.15) is 21.5 Å². The van der Waals surface area contributed by atoms with E-state index < -0.39 is 28.9 Å². The first kappa shape index (κ1) is 23.1. The van der Waals surface area contributed by atoms with Crippen molar-refractivity contribution in [2.24, 2.45) is 0 Å². The quantitative estimate of drug-likeness (QED) is 0.290. The minimum absolute atomic E-state index is 0.0115. The van der Waals surface area contributed by atoms with Crippen molar-refractivity contribution < 1.29 is 32.2 Å². The van der Waals surface area contributed by atoms with Gasteiger partial charge in [0.05, 0.1) is 42.6 Å². The third kappa shape index (κ3) is 4.28. The summed E-state index contributed by atoms with van der Waals surface area (Å²) < 4.78 is 60.3. The second-order valence-corrected chi connectivity index (χ2v) is 8.19. The first-order valence-corrected chi connectivity index (χ1v) is 10.8. The molecule has 0 radical (unpaired) electrons. The van der Waals surface area contributed by atoms with E-state index in [9.17, 15) is 27.5 Å². The van der Waals surface area contributed by atoms with E-state index in [0.29, 0.717) is 36.7 Å². The lowest BCUT2D eigenvalue weighted by molar-refractivity contribution is -0.137. The Kier molecular flexibility index (Phi) is 5.81. The molecule has 0 saturated carbocycles. The predicted octanol–water partition coefficient (Wildman–Crippen LogP) is 4.14. The highest BCUT2D eigenvalue weighted by Crippen LogP contribution is 2.33. The van der Waals surface area contributed by atoms with Crippen molar-refractivity contribution in [3.63, 3.8) is 0 Å². The number of carbonyl (C=O) groups excluding carboxylic acids is 1. The Balaban J connectivity index is 1.47. The molecule has 0 spiro atoms. The molecule has 1 aliphatic rings. The van der Waals surface area contributed by atoms with Gasteiger partial charge in [0.25, 0.3) is 0 Å². The number of nitrogens with zero attached hydrogens (tertiary/aromatic N) is 2. The molecule has 1 atom stereocenters. The van der Waals surface area contributed by atoms with Crippen LogP contribution in [0.2, 0.25) is 0 Å². The number of aliphatic hydroxyl groups excluding tert-OH is 1. The predicted molar refractivity (Wildman–Crippen MR) is 120 cm³/mol. The van der Waals surface area contributed by atoms with E-state index in [1.165, 1.54) is 30.5 Å². The largest absolute Gasteiger partial charge is 0.417 e. The van der Waals surface area contributed by atoms with Crippen molar-refractivity contribution in [3.8, 4) is 11.5 Å². The zero-order valence-corrected chi connectivity index (χ0v) is 18.2. The summed E-state index contributed by atoms with van der Waals surface area (Å²) in [6.07, 6.45) is -3.38. The summed E-state index contributed by atoms with van der Waals surface area (Å²) in [5, 5.41) is 9.62. The summed E-state index contributed by atoms with van der Waals surface area (Å²) >= 11 is 0. The molecule has 0 unspecified atom stereocenters. The number of hydrogen-bond acceptors (Lipinski definition) is 5. The van der Waals surface area contributed by atoms with Gasteiger partial charge in [0, 0.05) is 29.6 Å². The third-order valence-electron chi connectivity index (χ3n) is 5.97. The standard InChI is InChI=1S/C24H20F4N4O3/c25-18-8-14(32-5-6-35-12-15(32)11-33)9-19-21(18)31-23(30-19)20-7-13(10-29-20)22(34)16-3-1-2-4-17(16)24(26,27)28/h1-4,7-10,15,29,33H,5-6,11-12H2,(H,30,31)/t15-/m0/s1. The van der Waals surface area contributed by atoms with Crippen LogP contribution in [0, 0.1) is 5.82 Å². The first-order chi connectivity index (χ1) is 16.8. The van der Waals surface area contributed by atoms with Gasteiger partial charge in [0.2, 0.25) is 0 Å². The second kappa shape index (κ2) is 8.82. The maximum absolute atomic E-state index is 14.9. The third-order valence-corrected chi connectivity index (χ3v) is 5.97. The number of aromatic nitrogens is 3. The van der Waals surface area contributed by atoms with Gasteiger partial charge in [-0.25, -0.2) is 9.37 Å². The number of hydrogen-bond donors (Lipinski definition) is 3. The van der Waals surface area contributed by atoms with E-state index in [1.807, 2.05) is 4.90 Å². The summed E-state index contributed by atoms with van der Waals surface area (Å²) in [7, 11) is 0. The normalized spacial score (nSPS) is 16.7. The lowest BCUT2D eigenvalue weighted by Crippen LogP contribution is -2.47. The molecule has 182 valence electrons. The van der Waals surface area contributed by atoms with Crippen LogP contribution in [0.15, 0.2) is 48.7 Å². The number of ketones is 1. The van der Waals surface area contributed by atoms with Crippen LogP contribution in [-0.2, 0) is 10.9 Å². The minimum atomic E-state index is -4.67. The molecule has 4 aromatic rings. The van der Waals surface area contributed by atoms with Crippen LogP contribution in [0.4, 0.5) is 23.2 Å². The molecular formula is C24H20F4N4O3. The van der Waals surface area contributed by atoms with Crippen molar-refractivity contribution in [1.29, 1.82) is 0 Å². The Morgan fingerprint density at radius 3 is 2.80 bits per heavy atom. The lowest BCUT2D eigenvalue weighted by atomic mass is 9.99. The number of fused-ring (bicyclic) bond motifs is 1. The van der Waals surface area contributed by atoms with E-state index in [-0.39, 0.29) is 29.6 Å². The Morgan fingerprint density at radius 2 is 2.03 bits per heavy atom. The molecule has 3 N–H and O–H groups in total. The summed E-state index contributed by atoms with van der Waals surface area (Å²) in [5.74, 6) is -1.16. The molecule has 1 aliphatic heterocycles. The van der Waals surface area contributed by atoms with Crippen LogP contribution < -0.4 is 4.90 Å². The molecule has 35 heavy (non-hydrogen) atoms. The van der Waals surface area contributed by atoms with Crippen LogP contribution in [0.25, 0.3) is 22.6 Å². The van der Waals surface area contributed by atoms with Gasteiger partial charge in [-0.1, -0.05) is 18.2 Å².